The predicted octanol–water partition coefficient (Wildman–Crippen LogP) is 4.46. The van der Waals surface area contributed by atoms with E-state index in [2.05, 4.69) is 51.5 Å². The van der Waals surface area contributed by atoms with Crippen molar-refractivity contribution in [1.82, 2.24) is 0 Å². The fourth-order valence-electron chi connectivity index (χ4n) is 2.98. The average Bonchev–Trinajstić information content (AvgIpc) is 3.22. The number of morpholine rings is 1. The molecular weight excluding hydrogens is 354 g/mol. The van der Waals surface area contributed by atoms with E-state index in [1.54, 1.807) is 11.3 Å². The quantitative estimate of drug-likeness (QED) is 0.488. The van der Waals surface area contributed by atoms with E-state index in [1.165, 1.54) is 5.00 Å². The summed E-state index contributed by atoms with van der Waals surface area (Å²) >= 11 is 1.73. The molecule has 5 heteroatoms. The molecule has 0 unspecified atom stereocenters. The van der Waals surface area contributed by atoms with Crippen LogP contribution in [0, 0.1) is 0 Å². The van der Waals surface area contributed by atoms with Gasteiger partial charge in [-0.15, -0.1) is 16.4 Å². The Labute approximate surface area is 163 Å². The van der Waals surface area contributed by atoms with Crippen molar-refractivity contribution in [2.75, 3.05) is 31.2 Å². The van der Waals surface area contributed by atoms with Gasteiger partial charge in [0.25, 0.3) is 0 Å². The second kappa shape index (κ2) is 8.75. The highest BCUT2D eigenvalue weighted by Gasteiger charge is 2.12. The maximum Gasteiger partial charge on any atom is 0.100 e. The van der Waals surface area contributed by atoms with Crippen LogP contribution in [-0.2, 0) is 4.74 Å². The van der Waals surface area contributed by atoms with Crippen LogP contribution in [-0.4, -0.2) is 38.2 Å². The van der Waals surface area contributed by atoms with E-state index < -0.39 is 0 Å². The molecule has 0 amide bonds. The second-order valence-corrected chi connectivity index (χ2v) is 7.29. The van der Waals surface area contributed by atoms with Gasteiger partial charge in [0.1, 0.15) is 5.71 Å². The van der Waals surface area contributed by atoms with E-state index >= 15 is 0 Å². The number of thiophene rings is 1. The zero-order chi connectivity index (χ0) is 18.3. The van der Waals surface area contributed by atoms with E-state index in [-0.39, 0.29) is 0 Å². The van der Waals surface area contributed by atoms with Crippen LogP contribution in [0.25, 0.3) is 0 Å². The minimum atomic E-state index is 0.795. The molecular formula is C22H21N3OS. The van der Waals surface area contributed by atoms with E-state index in [1.807, 2.05) is 42.6 Å². The molecule has 1 aliphatic rings. The highest BCUT2D eigenvalue weighted by molar-refractivity contribution is 7.17. The minimum absolute atomic E-state index is 0.795. The first-order chi connectivity index (χ1) is 13.4. The molecule has 4 nitrogen and oxygen atoms in total. The fraction of sp³-hybridized carbons (Fsp3) is 0.182. The van der Waals surface area contributed by atoms with Crippen molar-refractivity contribution in [3.8, 4) is 0 Å². The molecule has 2 aromatic carbocycles. The van der Waals surface area contributed by atoms with Crippen molar-refractivity contribution >= 4 is 28.3 Å². The topological polar surface area (TPSA) is 37.2 Å². The Hall–Kier alpha value is -2.76. The van der Waals surface area contributed by atoms with Crippen LogP contribution in [0.15, 0.2) is 83.0 Å². The third kappa shape index (κ3) is 4.51. The van der Waals surface area contributed by atoms with E-state index in [4.69, 9.17) is 4.74 Å². The summed E-state index contributed by atoms with van der Waals surface area (Å²) < 4.78 is 5.42. The highest BCUT2D eigenvalue weighted by Crippen LogP contribution is 2.25. The first kappa shape index (κ1) is 17.6. The molecule has 0 aliphatic carbocycles. The smallest absolute Gasteiger partial charge is 0.100 e. The van der Waals surface area contributed by atoms with Gasteiger partial charge in [-0.1, -0.05) is 60.7 Å². The van der Waals surface area contributed by atoms with Crippen LogP contribution in [0.1, 0.15) is 16.0 Å². The van der Waals surface area contributed by atoms with Gasteiger partial charge in [-0.05, 0) is 12.1 Å². The molecule has 0 saturated carbocycles. The first-order valence-electron chi connectivity index (χ1n) is 9.04. The Kier molecular flexibility index (Phi) is 5.72. The number of nitrogens with zero attached hydrogens (tertiary/aromatic N) is 3. The summed E-state index contributed by atoms with van der Waals surface area (Å²) in [6, 6.07) is 24.6. The molecule has 0 atom stereocenters. The summed E-state index contributed by atoms with van der Waals surface area (Å²) in [7, 11) is 0. The van der Waals surface area contributed by atoms with Crippen LogP contribution in [0.4, 0.5) is 5.00 Å². The van der Waals surface area contributed by atoms with E-state index in [9.17, 15) is 0 Å². The molecule has 0 spiro atoms. The summed E-state index contributed by atoms with van der Waals surface area (Å²) in [4.78, 5) is 3.45. The van der Waals surface area contributed by atoms with E-state index in [0.717, 1.165) is 48.0 Å². The van der Waals surface area contributed by atoms with Gasteiger partial charge < -0.3 is 9.64 Å². The third-order valence-electron chi connectivity index (χ3n) is 4.37. The number of ether oxygens (including phenoxy) is 1. The Bertz CT molecular complexity index is 872. The van der Waals surface area contributed by atoms with Gasteiger partial charge in [0.05, 0.1) is 24.4 Å². The Morgan fingerprint density at radius 3 is 2.11 bits per heavy atom. The fourth-order valence-corrected chi connectivity index (χ4v) is 3.91. The third-order valence-corrected chi connectivity index (χ3v) is 5.45. The lowest BCUT2D eigenvalue weighted by Crippen LogP contribution is -2.35. The molecule has 1 fully saturated rings. The molecule has 27 heavy (non-hydrogen) atoms. The number of hydrogen-bond donors (Lipinski definition) is 0. The lowest BCUT2D eigenvalue weighted by Gasteiger charge is -2.27. The highest BCUT2D eigenvalue weighted by atomic mass is 32.1. The maximum absolute atomic E-state index is 5.42. The molecule has 0 N–H and O–H groups in total. The van der Waals surface area contributed by atoms with Crippen LogP contribution < -0.4 is 4.90 Å². The van der Waals surface area contributed by atoms with Crippen LogP contribution in [0.2, 0.25) is 0 Å². The summed E-state index contributed by atoms with van der Waals surface area (Å²) in [6.07, 6.45) is 1.83. The average molecular weight is 375 g/mol. The molecule has 1 saturated heterocycles. The summed E-state index contributed by atoms with van der Waals surface area (Å²) in [5, 5.41) is 10.2. The molecule has 2 heterocycles. The van der Waals surface area contributed by atoms with Crippen molar-refractivity contribution in [3.05, 3.63) is 88.8 Å². The van der Waals surface area contributed by atoms with Gasteiger partial charge in [-0.2, -0.15) is 5.10 Å². The van der Waals surface area contributed by atoms with Crippen LogP contribution in [0.3, 0.4) is 0 Å². The van der Waals surface area contributed by atoms with Gasteiger partial charge in [0, 0.05) is 29.1 Å². The van der Waals surface area contributed by atoms with E-state index in [0.29, 0.717) is 0 Å². The van der Waals surface area contributed by atoms with Crippen LogP contribution >= 0.6 is 11.3 Å². The molecule has 0 bridgehead atoms. The zero-order valence-corrected chi connectivity index (χ0v) is 15.8. The first-order valence-corrected chi connectivity index (χ1v) is 9.86. The van der Waals surface area contributed by atoms with Gasteiger partial charge in [0.15, 0.2) is 0 Å². The van der Waals surface area contributed by atoms with Crippen molar-refractivity contribution in [3.63, 3.8) is 0 Å². The van der Waals surface area contributed by atoms with Crippen LogP contribution in [0.5, 0.6) is 0 Å². The zero-order valence-electron chi connectivity index (χ0n) is 15.0. The molecule has 136 valence electrons. The maximum atomic E-state index is 5.42. The molecule has 3 aromatic rings. The normalized spacial score (nSPS) is 14.4. The van der Waals surface area contributed by atoms with Gasteiger partial charge >= 0.3 is 0 Å². The molecule has 1 aromatic heterocycles. The Morgan fingerprint density at radius 2 is 1.48 bits per heavy atom. The van der Waals surface area contributed by atoms with Crippen molar-refractivity contribution in [1.29, 1.82) is 0 Å². The summed E-state index contributed by atoms with van der Waals surface area (Å²) in [6.45, 7) is 3.48. The van der Waals surface area contributed by atoms with Gasteiger partial charge in [0.2, 0.25) is 0 Å². The largest absolute Gasteiger partial charge is 0.378 e. The second-order valence-electron chi connectivity index (χ2n) is 6.20. The molecule has 0 radical (unpaired) electrons. The Morgan fingerprint density at radius 1 is 0.852 bits per heavy atom. The lowest BCUT2D eigenvalue weighted by atomic mass is 10.0. The number of benzene rings is 2. The number of anilines is 1. The van der Waals surface area contributed by atoms with Crippen molar-refractivity contribution < 1.29 is 4.74 Å². The SMILES string of the molecule is C(=N/N=C(c1ccccc1)c1ccccc1)/c1ccc(N2CCOCC2)s1. The number of hydrogen-bond acceptors (Lipinski definition) is 5. The van der Waals surface area contributed by atoms with Crippen molar-refractivity contribution in [2.45, 2.75) is 0 Å². The Balaban J connectivity index is 1.56. The predicted molar refractivity (Wildman–Crippen MR) is 113 cm³/mol. The number of rotatable bonds is 5. The molecule has 1 aliphatic heterocycles. The van der Waals surface area contributed by atoms with Crippen molar-refractivity contribution in [2.24, 2.45) is 10.2 Å². The standard InChI is InChI=1S/C22H21N3OS/c1-3-7-18(8-4-1)22(19-9-5-2-6-10-19)24-23-17-20-11-12-21(27-20)25-13-15-26-16-14-25/h1-12,17H,13-16H2/b23-17-. The van der Waals surface area contributed by atoms with Gasteiger partial charge in [-0.25, -0.2) is 0 Å². The molecule has 4 rings (SSSR count). The monoisotopic (exact) mass is 375 g/mol. The lowest BCUT2D eigenvalue weighted by molar-refractivity contribution is 0.123. The minimum Gasteiger partial charge on any atom is -0.378 e. The van der Waals surface area contributed by atoms with Gasteiger partial charge in [-0.3, -0.25) is 0 Å². The summed E-state index contributed by atoms with van der Waals surface area (Å²) in [5.41, 5.74) is 2.99. The summed E-state index contributed by atoms with van der Waals surface area (Å²) in [5.74, 6) is 0.